The Morgan fingerprint density at radius 1 is 0.225 bits per heavy atom. The number of fused-ring (bicyclic) bond motifs is 9. The predicted molar refractivity (Wildman–Crippen MR) is 536 cm³/mol. The summed E-state index contributed by atoms with van der Waals surface area (Å²) in [5, 5.41) is 12.0. The second-order valence-corrected chi connectivity index (χ2v) is 51.9. The molecule has 6 atom stereocenters. The van der Waals surface area contributed by atoms with Crippen molar-refractivity contribution in [2.45, 2.75) is 262 Å². The molecule has 5 heterocycles. The Balaban J connectivity index is 0.000000101. The summed E-state index contributed by atoms with van der Waals surface area (Å²) in [6.45, 7) is 0. The van der Waals surface area contributed by atoms with Crippen LogP contribution in [0.3, 0.4) is 0 Å². The van der Waals surface area contributed by atoms with E-state index in [2.05, 4.69) is 152 Å². The van der Waals surface area contributed by atoms with Crippen molar-refractivity contribution in [1.82, 2.24) is 0 Å². The lowest BCUT2D eigenvalue weighted by Crippen LogP contribution is -2.51. The molecule has 129 heavy (non-hydrogen) atoms. The third kappa shape index (κ3) is 20.2. The van der Waals surface area contributed by atoms with E-state index in [-0.39, 0.29) is 58.9 Å². The summed E-state index contributed by atoms with van der Waals surface area (Å²) in [5.41, 5.74) is -0.195. The van der Waals surface area contributed by atoms with Gasteiger partial charge in [0.25, 0.3) is 0 Å². The number of hydrogen-bond donors (Lipinski definition) is 0. The van der Waals surface area contributed by atoms with Crippen LogP contribution in [0.15, 0.2) is 206 Å². The van der Waals surface area contributed by atoms with Crippen LogP contribution in [0.1, 0.15) is 238 Å². The van der Waals surface area contributed by atoms with Gasteiger partial charge in [-0.15, -0.1) is 0 Å². The van der Waals surface area contributed by atoms with Gasteiger partial charge in [-0.05, 0) is 319 Å². The van der Waals surface area contributed by atoms with E-state index in [1.54, 1.807) is 0 Å². The second kappa shape index (κ2) is 41.6. The van der Waals surface area contributed by atoms with Gasteiger partial charge in [0.1, 0.15) is 86.3 Å². The number of esters is 5. The van der Waals surface area contributed by atoms with Crippen LogP contribution in [-0.2, 0) is 78.4 Å². The van der Waals surface area contributed by atoms with Crippen LogP contribution >= 0.6 is 0 Å². The fourth-order valence-electron chi connectivity index (χ4n) is 25.9. The number of benzene rings is 10. The molecule has 8 bridgehead atoms. The quantitative estimate of drug-likeness (QED) is 0.0555. The lowest BCUT2D eigenvalue weighted by atomic mass is 9.49. The molecular formula is C114H135O10S5+5. The first kappa shape index (κ1) is 89.5. The van der Waals surface area contributed by atoms with Crippen LogP contribution in [0.5, 0.6) is 28.7 Å². The van der Waals surface area contributed by atoms with Gasteiger partial charge in [0, 0.05) is 108 Å². The number of carbonyl (C=O) groups excluding carboxylic acids is 5. The topological polar surface area (TPSA) is 132 Å². The summed E-state index contributed by atoms with van der Waals surface area (Å²) < 4.78 is 29.9. The van der Waals surface area contributed by atoms with E-state index >= 15 is 0 Å². The lowest BCUT2D eigenvalue weighted by Gasteiger charge is -2.55. The van der Waals surface area contributed by atoms with Crippen LogP contribution < -0.4 is 23.7 Å². The summed E-state index contributed by atoms with van der Waals surface area (Å²) in [6, 6.07) is 63.9. The van der Waals surface area contributed by atoms with Crippen LogP contribution in [-0.4, -0.2) is 87.4 Å². The maximum Gasteiger partial charge on any atom is 0.317 e. The molecule has 15 fully saturated rings. The average molecular weight is 1830 g/mol. The van der Waals surface area contributed by atoms with E-state index in [0.29, 0.717) is 66.3 Å². The molecule has 25 rings (SSSR count). The molecule has 10 aromatic rings. The Hall–Kier alpha value is -7.40. The van der Waals surface area contributed by atoms with Gasteiger partial charge in [-0.2, -0.15) is 0 Å². The summed E-state index contributed by atoms with van der Waals surface area (Å²) in [7, 11) is 1.79. The van der Waals surface area contributed by atoms with E-state index in [0.717, 1.165) is 169 Å². The molecular weight excluding hydrogens is 1690 g/mol. The second-order valence-electron chi connectivity index (χ2n) is 40.6. The first-order chi connectivity index (χ1) is 63.4. The van der Waals surface area contributed by atoms with Gasteiger partial charge in [-0.1, -0.05) is 142 Å². The monoisotopic (exact) mass is 1820 g/mol. The minimum atomic E-state index is -0.195. The number of hydrogen-bond acceptors (Lipinski definition) is 10. The van der Waals surface area contributed by atoms with Crippen LogP contribution in [0, 0.1) is 70.5 Å². The minimum absolute atomic E-state index is 0.00779. The third-order valence-electron chi connectivity index (χ3n) is 32.2. The SMILES string of the molecule is O=C(Oc1ccc([S+]2CCCC2)c2ccccc12)C1CC2CCC1C2.O=C(Oc1ccc([S+]2CCCC2)c2ccccc12)C1CCCCC1.O=C(Oc1ccc([S+]2CCCCC2)c2ccccc12)C12CC3CC(CC(C3)C1)C2.O=C(Oc1ccc([S+]2CCCCC2)c2ccccc12)C1CC2CCC1C2.O=C(Oc1ccc([S+]2CCCCC2)c2ccccc12)C1CCCCC1. The van der Waals surface area contributed by atoms with E-state index in [1.807, 2.05) is 30.3 Å². The Kier molecular flexibility index (Phi) is 28.9. The van der Waals surface area contributed by atoms with Crippen molar-refractivity contribution < 1.29 is 47.7 Å². The van der Waals surface area contributed by atoms with Gasteiger partial charge >= 0.3 is 29.8 Å². The lowest BCUT2D eigenvalue weighted by molar-refractivity contribution is -0.161. The zero-order valence-corrected chi connectivity index (χ0v) is 80.1. The third-order valence-corrected chi connectivity index (χ3v) is 44.9. The molecule has 676 valence electrons. The van der Waals surface area contributed by atoms with Crippen molar-refractivity contribution >= 4 is 138 Å². The van der Waals surface area contributed by atoms with Crippen LogP contribution in [0.25, 0.3) is 53.9 Å². The summed E-state index contributed by atoms with van der Waals surface area (Å²) in [6.07, 6.45) is 45.5. The number of ether oxygens (including phenoxy) is 5. The van der Waals surface area contributed by atoms with Crippen molar-refractivity contribution in [2.75, 3.05) is 57.5 Å². The van der Waals surface area contributed by atoms with E-state index in [1.165, 1.54) is 263 Å². The Morgan fingerprint density at radius 3 is 0.721 bits per heavy atom. The first-order valence-corrected chi connectivity index (χ1v) is 58.3. The van der Waals surface area contributed by atoms with Crippen LogP contribution in [0.2, 0.25) is 0 Å². The summed E-state index contributed by atoms with van der Waals surface area (Å²) >= 11 is 0. The molecule has 10 aromatic carbocycles. The highest BCUT2D eigenvalue weighted by atomic mass is 32.2. The normalized spacial score (nSPS) is 26.4. The van der Waals surface area contributed by atoms with Crippen molar-refractivity contribution in [1.29, 1.82) is 0 Å². The molecule has 6 unspecified atom stereocenters. The molecule has 10 aliphatic carbocycles. The highest BCUT2D eigenvalue weighted by molar-refractivity contribution is 7.98. The van der Waals surface area contributed by atoms with Crippen molar-refractivity contribution in [3.05, 3.63) is 182 Å². The van der Waals surface area contributed by atoms with Crippen LogP contribution in [0.4, 0.5) is 0 Å². The maximum absolute atomic E-state index is 13.5. The van der Waals surface area contributed by atoms with Gasteiger partial charge in [-0.3, -0.25) is 24.0 Å². The van der Waals surface area contributed by atoms with E-state index < -0.39 is 0 Å². The fraction of sp³-hybridized carbons (Fsp3) is 0.518. The molecule has 10 nitrogen and oxygen atoms in total. The van der Waals surface area contributed by atoms with Gasteiger partial charge in [0.05, 0.1) is 29.1 Å². The molecule has 10 saturated carbocycles. The molecule has 0 N–H and O–H groups in total. The Bertz CT molecular complexity index is 5610. The predicted octanol–water partition coefficient (Wildman–Crippen LogP) is 27.0. The van der Waals surface area contributed by atoms with E-state index in [4.69, 9.17) is 23.7 Å². The highest BCUT2D eigenvalue weighted by Gasteiger charge is 2.56. The largest absolute Gasteiger partial charge is 0.426 e. The van der Waals surface area contributed by atoms with E-state index in [9.17, 15) is 24.0 Å². The molecule has 15 heteroatoms. The molecule has 15 aliphatic rings. The van der Waals surface area contributed by atoms with Gasteiger partial charge < -0.3 is 23.7 Å². The van der Waals surface area contributed by atoms with Crippen molar-refractivity contribution in [3.8, 4) is 28.7 Å². The summed E-state index contributed by atoms with van der Waals surface area (Å²) in [4.78, 5) is 71.5. The molecule has 5 saturated heterocycles. The smallest absolute Gasteiger partial charge is 0.317 e. The van der Waals surface area contributed by atoms with Gasteiger partial charge in [-0.25, -0.2) is 0 Å². The first-order valence-electron chi connectivity index (χ1n) is 50.5. The zero-order valence-electron chi connectivity index (χ0n) is 76.0. The number of carbonyl (C=O) groups is 5. The van der Waals surface area contributed by atoms with Crippen molar-refractivity contribution in [2.24, 2.45) is 70.5 Å². The van der Waals surface area contributed by atoms with Gasteiger partial charge in [0.2, 0.25) is 0 Å². The maximum atomic E-state index is 13.5. The standard InChI is InChI=1S/C26H31O2S.C23H27O2S.C22H25O2S.C22H27O2S.C21H25O2S/c27-25(26-15-18-12-19(16-26)14-20(13-18)17-26)28-23-8-9-24(29-10-4-1-5-11-29)22-7-3-2-6-21(22)23;24-23(20-15-16-8-9-17(20)14-16)25-21-10-11-22(26-12-4-1-5-13-26)19-7-3-2-6-18(19)21;23-22(19-14-15-7-8-16(19)13-15)24-20-9-10-21(25-11-3-4-12-25)18-6-2-1-5-17(18)20;23-22(17-9-3-1-4-10-17)24-20-13-14-21(25-15-7-2-8-16-25)19-12-6-5-11-18(19)20;22-21(16-8-2-1-3-9-16)23-19-12-13-20(24-14-6-7-15-24)18-11-5-4-10-17(18)19/h2-3,6-9,18-20H,1,4-5,10-17H2;2-3,6-7,10-11,16-17,20H,1,4-5,8-9,12-15H2;1-2,5-6,9-10,15-16,19H,3-4,7-8,11-14H2;5-6,11-14,17H,1-4,7-10,15-16H2;4-5,10-13,16H,1-3,6-9,14-15H2/q5*+1. The number of rotatable bonds is 15. The summed E-state index contributed by atoms with van der Waals surface area (Å²) in [5.74, 6) is 22.4. The van der Waals surface area contributed by atoms with Gasteiger partial charge in [0.15, 0.2) is 24.5 Å². The molecule has 0 aromatic heterocycles. The Morgan fingerprint density at radius 2 is 0.465 bits per heavy atom. The average Bonchev–Trinajstić information content (AvgIpc) is 1.66. The Labute approximate surface area is 780 Å². The molecule has 5 aliphatic heterocycles. The van der Waals surface area contributed by atoms with Crippen molar-refractivity contribution in [3.63, 3.8) is 0 Å². The fourth-order valence-corrected chi connectivity index (χ4v) is 38.4. The zero-order chi connectivity index (χ0) is 87.2. The minimum Gasteiger partial charge on any atom is -0.426 e. The highest BCUT2D eigenvalue weighted by Crippen LogP contribution is 2.61. The molecule has 0 radical (unpaired) electrons. The molecule has 0 amide bonds. The molecule has 0 spiro atoms.